The second-order valence-corrected chi connectivity index (χ2v) is 4.29. The molecule has 1 aliphatic rings. The molecule has 5 heteroatoms. The van der Waals surface area contributed by atoms with Gasteiger partial charge in [0.1, 0.15) is 11.6 Å². The molecule has 0 atom stereocenters. The summed E-state index contributed by atoms with van der Waals surface area (Å²) in [5.74, 6) is 1.21. The van der Waals surface area contributed by atoms with E-state index in [0.29, 0.717) is 17.1 Å². The molecule has 0 unspecified atom stereocenters. The van der Waals surface area contributed by atoms with Crippen LogP contribution in [0.1, 0.15) is 18.7 Å². The number of hydrogen-bond acceptors (Lipinski definition) is 3. The van der Waals surface area contributed by atoms with E-state index in [9.17, 15) is 4.39 Å². The summed E-state index contributed by atoms with van der Waals surface area (Å²) in [4.78, 5) is 0. The minimum Gasteiger partial charge on any atom is -0.399 e. The molecule has 0 spiro atoms. The van der Waals surface area contributed by atoms with E-state index in [1.807, 2.05) is 4.57 Å². The van der Waals surface area contributed by atoms with Gasteiger partial charge in [0.2, 0.25) is 0 Å². The Morgan fingerprint density at radius 2 is 2.12 bits per heavy atom. The third kappa shape index (κ3) is 1.67. The van der Waals surface area contributed by atoms with Gasteiger partial charge < -0.3 is 10.3 Å². The van der Waals surface area contributed by atoms with E-state index in [4.69, 9.17) is 5.73 Å². The topological polar surface area (TPSA) is 56.7 Å². The lowest BCUT2D eigenvalue weighted by atomic mass is 10.1. The molecule has 1 aromatic carbocycles. The summed E-state index contributed by atoms with van der Waals surface area (Å²) >= 11 is 0. The zero-order valence-electron chi connectivity index (χ0n) is 9.36. The van der Waals surface area contributed by atoms with Crippen molar-refractivity contribution in [2.24, 2.45) is 0 Å². The van der Waals surface area contributed by atoms with Crippen LogP contribution in [0.3, 0.4) is 0 Å². The highest BCUT2D eigenvalue weighted by atomic mass is 19.1. The molecule has 0 aliphatic carbocycles. The molecule has 0 saturated heterocycles. The van der Waals surface area contributed by atoms with Crippen LogP contribution in [0, 0.1) is 5.82 Å². The first-order valence-electron chi connectivity index (χ1n) is 5.73. The van der Waals surface area contributed by atoms with E-state index < -0.39 is 0 Å². The molecule has 0 saturated carbocycles. The molecule has 2 heterocycles. The molecular weight excluding hydrogens is 219 g/mol. The third-order valence-corrected chi connectivity index (χ3v) is 3.09. The predicted molar refractivity (Wildman–Crippen MR) is 62.8 cm³/mol. The van der Waals surface area contributed by atoms with Gasteiger partial charge in [-0.2, -0.15) is 0 Å². The first-order chi connectivity index (χ1) is 8.25. The van der Waals surface area contributed by atoms with Crippen molar-refractivity contribution in [1.82, 2.24) is 14.8 Å². The van der Waals surface area contributed by atoms with Crippen LogP contribution in [-0.4, -0.2) is 14.8 Å². The Balaban J connectivity index is 2.12. The summed E-state index contributed by atoms with van der Waals surface area (Å²) in [6.45, 7) is 0.863. The fourth-order valence-electron chi connectivity index (χ4n) is 2.22. The van der Waals surface area contributed by atoms with Crippen molar-refractivity contribution in [3.63, 3.8) is 0 Å². The maximum absolute atomic E-state index is 13.8. The molecule has 2 N–H and O–H groups in total. The van der Waals surface area contributed by atoms with Crippen LogP contribution in [0.4, 0.5) is 10.1 Å². The lowest BCUT2D eigenvalue weighted by Gasteiger charge is -2.14. The molecule has 17 heavy (non-hydrogen) atoms. The SMILES string of the molecule is Nc1ccc(-c2nnc3n2CCCC3)c(F)c1. The Kier molecular flexibility index (Phi) is 2.31. The molecule has 88 valence electrons. The molecule has 1 aromatic heterocycles. The van der Waals surface area contributed by atoms with E-state index in [2.05, 4.69) is 10.2 Å². The second kappa shape index (κ2) is 3.84. The van der Waals surface area contributed by atoms with Crippen LogP contribution in [0.2, 0.25) is 0 Å². The monoisotopic (exact) mass is 232 g/mol. The highest BCUT2D eigenvalue weighted by molar-refractivity contribution is 5.60. The lowest BCUT2D eigenvalue weighted by molar-refractivity contribution is 0.524. The molecule has 0 bridgehead atoms. The highest BCUT2D eigenvalue weighted by Crippen LogP contribution is 2.26. The van der Waals surface area contributed by atoms with E-state index in [-0.39, 0.29) is 5.82 Å². The number of rotatable bonds is 1. The third-order valence-electron chi connectivity index (χ3n) is 3.09. The normalized spacial score (nSPS) is 14.6. The number of aromatic nitrogens is 3. The average Bonchev–Trinajstić information content (AvgIpc) is 2.73. The molecule has 0 amide bonds. The van der Waals surface area contributed by atoms with E-state index in [1.165, 1.54) is 6.07 Å². The first kappa shape index (κ1) is 10.3. The van der Waals surface area contributed by atoms with Crippen molar-refractivity contribution < 1.29 is 4.39 Å². The highest BCUT2D eigenvalue weighted by Gasteiger charge is 2.19. The smallest absolute Gasteiger partial charge is 0.166 e. The molecule has 1 aliphatic heterocycles. The number of nitrogens with two attached hydrogens (primary N) is 1. The van der Waals surface area contributed by atoms with Crippen LogP contribution in [0.25, 0.3) is 11.4 Å². The fourth-order valence-corrected chi connectivity index (χ4v) is 2.22. The predicted octanol–water partition coefficient (Wildman–Crippen LogP) is 2.00. The van der Waals surface area contributed by atoms with Crippen LogP contribution in [0.5, 0.6) is 0 Å². The van der Waals surface area contributed by atoms with Crippen LogP contribution < -0.4 is 5.73 Å². The number of hydrogen-bond donors (Lipinski definition) is 1. The lowest BCUT2D eigenvalue weighted by Crippen LogP contribution is -2.11. The van der Waals surface area contributed by atoms with E-state index in [0.717, 1.165) is 31.6 Å². The molecule has 0 fully saturated rings. The minimum absolute atomic E-state index is 0.342. The summed E-state index contributed by atoms with van der Waals surface area (Å²) < 4.78 is 15.8. The maximum Gasteiger partial charge on any atom is 0.166 e. The molecule has 2 aromatic rings. The number of halogens is 1. The Morgan fingerprint density at radius 1 is 1.24 bits per heavy atom. The van der Waals surface area contributed by atoms with Crippen LogP contribution in [-0.2, 0) is 13.0 Å². The van der Waals surface area contributed by atoms with Gasteiger partial charge in [0.05, 0.1) is 5.56 Å². The van der Waals surface area contributed by atoms with Gasteiger partial charge >= 0.3 is 0 Å². The first-order valence-corrected chi connectivity index (χ1v) is 5.73. The Hall–Kier alpha value is -1.91. The van der Waals surface area contributed by atoms with Gasteiger partial charge in [-0.25, -0.2) is 4.39 Å². The number of fused-ring (bicyclic) bond motifs is 1. The number of aryl methyl sites for hydroxylation is 1. The van der Waals surface area contributed by atoms with Gasteiger partial charge in [-0.05, 0) is 31.0 Å². The van der Waals surface area contributed by atoms with Crippen molar-refractivity contribution >= 4 is 5.69 Å². The Bertz CT molecular complexity index is 562. The summed E-state index contributed by atoms with van der Waals surface area (Å²) in [5, 5.41) is 8.20. The van der Waals surface area contributed by atoms with E-state index in [1.54, 1.807) is 12.1 Å². The molecule has 0 radical (unpaired) electrons. The average molecular weight is 232 g/mol. The van der Waals surface area contributed by atoms with Gasteiger partial charge in [-0.1, -0.05) is 0 Å². The summed E-state index contributed by atoms with van der Waals surface area (Å²) in [5.41, 5.74) is 6.43. The van der Waals surface area contributed by atoms with Crippen molar-refractivity contribution in [2.45, 2.75) is 25.8 Å². The van der Waals surface area contributed by atoms with Crippen molar-refractivity contribution in [2.75, 3.05) is 5.73 Å². The summed E-state index contributed by atoms with van der Waals surface area (Å²) in [6.07, 6.45) is 3.14. The fraction of sp³-hybridized carbons (Fsp3) is 0.333. The molecular formula is C12H13FN4. The number of nitrogens with zero attached hydrogens (tertiary/aromatic N) is 3. The van der Waals surface area contributed by atoms with Gasteiger partial charge in [-0.3, -0.25) is 0 Å². The van der Waals surface area contributed by atoms with Crippen molar-refractivity contribution in [3.8, 4) is 11.4 Å². The summed E-state index contributed by atoms with van der Waals surface area (Å²) in [6, 6.07) is 4.67. The molecule has 4 nitrogen and oxygen atoms in total. The van der Waals surface area contributed by atoms with Gasteiger partial charge in [0.25, 0.3) is 0 Å². The second-order valence-electron chi connectivity index (χ2n) is 4.29. The van der Waals surface area contributed by atoms with Gasteiger partial charge in [0, 0.05) is 18.7 Å². The minimum atomic E-state index is -0.342. The van der Waals surface area contributed by atoms with Gasteiger partial charge in [0.15, 0.2) is 5.82 Å². The van der Waals surface area contributed by atoms with E-state index >= 15 is 0 Å². The standard InChI is InChI=1S/C12H13FN4/c13-10-7-8(14)4-5-9(10)12-16-15-11-3-1-2-6-17(11)12/h4-5,7H,1-3,6,14H2. The molecule has 3 rings (SSSR count). The van der Waals surface area contributed by atoms with Crippen molar-refractivity contribution in [1.29, 1.82) is 0 Å². The van der Waals surface area contributed by atoms with Crippen LogP contribution >= 0.6 is 0 Å². The zero-order chi connectivity index (χ0) is 11.8. The van der Waals surface area contributed by atoms with Crippen molar-refractivity contribution in [3.05, 3.63) is 29.8 Å². The Labute approximate surface area is 98.3 Å². The number of anilines is 1. The number of benzene rings is 1. The van der Waals surface area contributed by atoms with Crippen LogP contribution in [0.15, 0.2) is 18.2 Å². The maximum atomic E-state index is 13.8. The zero-order valence-corrected chi connectivity index (χ0v) is 9.36. The Morgan fingerprint density at radius 3 is 2.94 bits per heavy atom. The summed E-state index contributed by atoms with van der Waals surface area (Å²) in [7, 11) is 0. The van der Waals surface area contributed by atoms with Gasteiger partial charge in [-0.15, -0.1) is 10.2 Å². The number of nitrogen functional groups attached to an aromatic ring is 1. The largest absolute Gasteiger partial charge is 0.399 e. The quantitative estimate of drug-likeness (QED) is 0.765.